The number of aromatic nitrogens is 1. The molecule has 1 aromatic heterocycles. The zero-order valence-electron chi connectivity index (χ0n) is 19.3. The van der Waals surface area contributed by atoms with Gasteiger partial charge < -0.3 is 15.4 Å². The second kappa shape index (κ2) is 10.6. The van der Waals surface area contributed by atoms with Crippen molar-refractivity contribution in [2.45, 2.75) is 26.4 Å². The van der Waals surface area contributed by atoms with Gasteiger partial charge in [-0.05, 0) is 42.8 Å². The van der Waals surface area contributed by atoms with E-state index in [2.05, 4.69) is 15.6 Å². The minimum absolute atomic E-state index is 0.197. The van der Waals surface area contributed by atoms with E-state index in [1.807, 2.05) is 6.92 Å². The molecular weight excluding hydrogens is 471 g/mol. The molecule has 2 N–H and O–H groups in total. The number of benzene rings is 2. The molecule has 1 aliphatic heterocycles. The molecule has 2 heterocycles. The van der Waals surface area contributed by atoms with Gasteiger partial charge in [0.15, 0.2) is 0 Å². The first-order valence-electron chi connectivity index (χ1n) is 11.1. The van der Waals surface area contributed by atoms with Crippen LogP contribution in [0, 0.1) is 12.7 Å². The van der Waals surface area contributed by atoms with Crippen molar-refractivity contribution in [3.8, 4) is 11.1 Å². The number of hydrogen-bond acceptors (Lipinski definition) is 6. The van der Waals surface area contributed by atoms with Gasteiger partial charge in [-0.15, -0.1) is 11.3 Å². The number of ether oxygens (including phenoxy) is 1. The molecule has 1 unspecified atom stereocenters. The summed E-state index contributed by atoms with van der Waals surface area (Å²) in [6.45, 7) is 4.24. The fourth-order valence-electron chi connectivity index (χ4n) is 3.76. The van der Waals surface area contributed by atoms with E-state index in [-0.39, 0.29) is 24.9 Å². The van der Waals surface area contributed by atoms with E-state index in [1.54, 1.807) is 53.2 Å². The van der Waals surface area contributed by atoms with E-state index in [4.69, 9.17) is 4.74 Å². The van der Waals surface area contributed by atoms with Crippen molar-refractivity contribution in [3.05, 3.63) is 69.9 Å². The molecule has 4 rings (SSSR count). The molecule has 1 saturated heterocycles. The van der Waals surface area contributed by atoms with Crippen LogP contribution in [0.15, 0.2) is 48.0 Å². The smallest absolute Gasteiger partial charge is 0.414 e. The van der Waals surface area contributed by atoms with Gasteiger partial charge in [0.25, 0.3) is 5.91 Å². The molecule has 1 atom stereocenters. The highest BCUT2D eigenvalue weighted by atomic mass is 32.1. The van der Waals surface area contributed by atoms with Crippen molar-refractivity contribution in [2.75, 3.05) is 24.5 Å². The molecule has 0 radical (unpaired) electrons. The zero-order chi connectivity index (χ0) is 24.9. The predicted molar refractivity (Wildman–Crippen MR) is 131 cm³/mol. The number of aryl methyl sites for hydroxylation is 1. The van der Waals surface area contributed by atoms with Gasteiger partial charge in [0.05, 0.1) is 30.0 Å². The zero-order valence-corrected chi connectivity index (χ0v) is 20.2. The van der Waals surface area contributed by atoms with Crippen LogP contribution in [-0.4, -0.2) is 48.6 Å². The lowest BCUT2D eigenvalue weighted by Gasteiger charge is -2.14. The Labute approximate surface area is 206 Å². The minimum atomic E-state index is -0.589. The average Bonchev–Trinajstić information content (AvgIpc) is 3.42. The predicted octanol–water partition coefficient (Wildman–Crippen LogP) is 3.69. The average molecular weight is 497 g/mol. The molecule has 1 fully saturated rings. The number of carbonyl (C=O) groups excluding carboxylic acids is 3. The van der Waals surface area contributed by atoms with E-state index in [0.29, 0.717) is 28.9 Å². The molecule has 10 heteroatoms. The highest BCUT2D eigenvalue weighted by Crippen LogP contribution is 2.29. The first-order chi connectivity index (χ1) is 16.8. The van der Waals surface area contributed by atoms with Crippen LogP contribution in [0.3, 0.4) is 0 Å². The molecule has 0 aliphatic carbocycles. The standard InChI is InChI=1S/C25H25FN4O4S/c1-15-23(35-14-29-15)9-10-27-24(32)18-5-3-17(4-6-18)21-8-7-19(11-22(21)26)30-13-20(34-25(30)33)12-28-16(2)31/h3-8,11,14,20H,9-10,12-13H2,1-2H3,(H,27,32)(H,28,31). The number of anilines is 1. The molecule has 0 saturated carbocycles. The summed E-state index contributed by atoms with van der Waals surface area (Å²) in [4.78, 5) is 42.4. The summed E-state index contributed by atoms with van der Waals surface area (Å²) in [5.41, 5.74) is 4.58. The number of thiazole rings is 1. The molecule has 1 aliphatic rings. The summed E-state index contributed by atoms with van der Waals surface area (Å²) in [5, 5.41) is 5.50. The number of nitrogens with one attached hydrogen (secondary N) is 2. The van der Waals surface area contributed by atoms with Crippen molar-refractivity contribution in [1.82, 2.24) is 15.6 Å². The van der Waals surface area contributed by atoms with Crippen LogP contribution in [0.25, 0.3) is 11.1 Å². The van der Waals surface area contributed by atoms with Gasteiger partial charge in [-0.2, -0.15) is 0 Å². The first kappa shape index (κ1) is 24.3. The van der Waals surface area contributed by atoms with Gasteiger partial charge in [0, 0.05) is 35.9 Å². The van der Waals surface area contributed by atoms with Crippen LogP contribution >= 0.6 is 11.3 Å². The fraction of sp³-hybridized carbons (Fsp3) is 0.280. The maximum atomic E-state index is 14.9. The Hall–Kier alpha value is -3.79. The number of nitrogens with zero attached hydrogens (tertiary/aromatic N) is 2. The van der Waals surface area contributed by atoms with E-state index in [9.17, 15) is 18.8 Å². The van der Waals surface area contributed by atoms with Crippen molar-refractivity contribution < 1.29 is 23.5 Å². The SMILES string of the molecule is CC(=O)NCC1CN(c2ccc(-c3ccc(C(=O)NCCc4scnc4C)cc3)c(F)c2)C(=O)O1. The Kier molecular flexibility index (Phi) is 7.40. The van der Waals surface area contributed by atoms with Crippen LogP contribution in [0.4, 0.5) is 14.9 Å². The van der Waals surface area contributed by atoms with Gasteiger partial charge in [-0.3, -0.25) is 14.5 Å². The number of cyclic esters (lactones) is 1. The number of rotatable bonds is 8. The van der Waals surface area contributed by atoms with Crippen molar-refractivity contribution in [2.24, 2.45) is 0 Å². The highest BCUT2D eigenvalue weighted by molar-refractivity contribution is 7.09. The third-order valence-electron chi connectivity index (χ3n) is 5.66. The van der Waals surface area contributed by atoms with E-state index in [0.717, 1.165) is 17.0 Å². The molecule has 3 aromatic rings. The third kappa shape index (κ3) is 5.83. The van der Waals surface area contributed by atoms with Crippen LogP contribution in [0.1, 0.15) is 27.9 Å². The van der Waals surface area contributed by atoms with Gasteiger partial charge in [-0.25, -0.2) is 14.2 Å². The largest absolute Gasteiger partial charge is 0.442 e. The van der Waals surface area contributed by atoms with Crippen LogP contribution in [0.2, 0.25) is 0 Å². The number of hydrogen-bond donors (Lipinski definition) is 2. The first-order valence-corrected chi connectivity index (χ1v) is 12.0. The summed E-state index contributed by atoms with van der Waals surface area (Å²) in [6.07, 6.45) is -0.372. The quantitative estimate of drug-likeness (QED) is 0.495. The maximum absolute atomic E-state index is 14.9. The Morgan fingerprint density at radius 2 is 1.97 bits per heavy atom. The maximum Gasteiger partial charge on any atom is 0.414 e. The minimum Gasteiger partial charge on any atom is -0.442 e. The molecule has 2 aromatic carbocycles. The lowest BCUT2D eigenvalue weighted by molar-refractivity contribution is -0.119. The van der Waals surface area contributed by atoms with Crippen LogP contribution < -0.4 is 15.5 Å². The molecular formula is C25H25FN4O4S. The van der Waals surface area contributed by atoms with Crippen molar-refractivity contribution in [1.29, 1.82) is 0 Å². The Morgan fingerprint density at radius 3 is 2.63 bits per heavy atom. The molecule has 8 nitrogen and oxygen atoms in total. The Bertz CT molecular complexity index is 1240. The molecule has 35 heavy (non-hydrogen) atoms. The lowest BCUT2D eigenvalue weighted by Crippen LogP contribution is -2.33. The second-order valence-electron chi connectivity index (χ2n) is 8.16. The molecule has 182 valence electrons. The van der Waals surface area contributed by atoms with Gasteiger partial charge >= 0.3 is 6.09 Å². The summed E-state index contributed by atoms with van der Waals surface area (Å²) in [7, 11) is 0. The van der Waals surface area contributed by atoms with E-state index < -0.39 is 18.0 Å². The summed E-state index contributed by atoms with van der Waals surface area (Å²) in [6, 6.07) is 11.2. The van der Waals surface area contributed by atoms with Crippen molar-refractivity contribution in [3.63, 3.8) is 0 Å². The topological polar surface area (TPSA) is 101 Å². The highest BCUT2D eigenvalue weighted by Gasteiger charge is 2.32. The Balaban J connectivity index is 1.38. The van der Waals surface area contributed by atoms with Gasteiger partial charge in [0.2, 0.25) is 5.91 Å². The summed E-state index contributed by atoms with van der Waals surface area (Å²) >= 11 is 1.57. The normalized spacial score (nSPS) is 15.1. The lowest BCUT2D eigenvalue weighted by atomic mass is 10.0. The number of amides is 3. The van der Waals surface area contributed by atoms with Gasteiger partial charge in [-0.1, -0.05) is 12.1 Å². The third-order valence-corrected chi connectivity index (χ3v) is 6.65. The summed E-state index contributed by atoms with van der Waals surface area (Å²) in [5.74, 6) is -0.918. The number of halogens is 1. The van der Waals surface area contributed by atoms with Crippen LogP contribution in [0.5, 0.6) is 0 Å². The number of carbonyl (C=O) groups is 3. The van der Waals surface area contributed by atoms with E-state index in [1.165, 1.54) is 17.9 Å². The van der Waals surface area contributed by atoms with Crippen LogP contribution in [-0.2, 0) is 16.0 Å². The molecule has 0 spiro atoms. The molecule has 3 amide bonds. The second-order valence-corrected chi connectivity index (χ2v) is 9.10. The monoisotopic (exact) mass is 496 g/mol. The van der Waals surface area contributed by atoms with Crippen molar-refractivity contribution >= 4 is 34.9 Å². The fourth-order valence-corrected chi connectivity index (χ4v) is 4.54. The summed E-state index contributed by atoms with van der Waals surface area (Å²) < 4.78 is 20.2. The van der Waals surface area contributed by atoms with Gasteiger partial charge in [0.1, 0.15) is 11.9 Å². The molecule has 0 bridgehead atoms. The Morgan fingerprint density at radius 1 is 1.20 bits per heavy atom. The van der Waals surface area contributed by atoms with E-state index >= 15 is 0 Å².